The van der Waals surface area contributed by atoms with Crippen molar-refractivity contribution < 1.29 is 24.0 Å². The molecular formula is C26H26N2O6. The van der Waals surface area contributed by atoms with Crippen molar-refractivity contribution in [3.8, 4) is 0 Å². The van der Waals surface area contributed by atoms with E-state index < -0.39 is 22.7 Å². The van der Waals surface area contributed by atoms with Crippen LogP contribution in [0.3, 0.4) is 0 Å². The lowest BCUT2D eigenvalue weighted by atomic mass is 9.69. The number of non-ortho nitro benzene ring substituents is 1. The lowest BCUT2D eigenvalue weighted by molar-refractivity contribution is -0.384. The largest absolute Gasteiger partial charge is 0.463 e. The van der Waals surface area contributed by atoms with Gasteiger partial charge in [-0.1, -0.05) is 42.5 Å². The lowest BCUT2D eigenvalue weighted by Crippen LogP contribution is -2.38. The molecule has 0 N–H and O–H groups in total. The summed E-state index contributed by atoms with van der Waals surface area (Å²) in [6.07, 6.45) is 0.893. The normalized spacial score (nSPS) is 22.1. The Morgan fingerprint density at radius 1 is 1.06 bits per heavy atom. The van der Waals surface area contributed by atoms with Crippen LogP contribution < -0.4 is 0 Å². The molecule has 0 spiro atoms. The molecule has 0 bridgehead atoms. The van der Waals surface area contributed by atoms with Crippen LogP contribution >= 0.6 is 0 Å². The van der Waals surface area contributed by atoms with E-state index in [1.165, 1.54) is 19.2 Å². The summed E-state index contributed by atoms with van der Waals surface area (Å²) in [5.41, 5.74) is 3.39. The molecule has 8 nitrogen and oxygen atoms in total. The van der Waals surface area contributed by atoms with Crippen LogP contribution in [0.25, 0.3) is 0 Å². The molecule has 2 aliphatic rings. The fraction of sp³-hybridized carbons (Fsp3) is 0.346. The molecule has 0 fully saturated rings. The van der Waals surface area contributed by atoms with Crippen LogP contribution in [-0.4, -0.2) is 42.7 Å². The van der Waals surface area contributed by atoms with Gasteiger partial charge in [0, 0.05) is 48.6 Å². The lowest BCUT2D eigenvalue weighted by Gasteiger charge is -2.36. The van der Waals surface area contributed by atoms with Crippen molar-refractivity contribution in [1.82, 2.24) is 0 Å². The van der Waals surface area contributed by atoms with Crippen LogP contribution in [-0.2, 0) is 19.1 Å². The highest BCUT2D eigenvalue weighted by atomic mass is 16.6. The van der Waals surface area contributed by atoms with Crippen molar-refractivity contribution in [3.05, 3.63) is 87.1 Å². The van der Waals surface area contributed by atoms with Gasteiger partial charge in [0.15, 0.2) is 5.78 Å². The first kappa shape index (κ1) is 23.5. The van der Waals surface area contributed by atoms with Crippen molar-refractivity contribution >= 4 is 23.2 Å². The predicted molar refractivity (Wildman–Crippen MR) is 126 cm³/mol. The van der Waals surface area contributed by atoms with Crippen molar-refractivity contribution in [2.24, 2.45) is 10.9 Å². The molecule has 3 unspecified atom stereocenters. The van der Waals surface area contributed by atoms with Crippen LogP contribution in [0.4, 0.5) is 5.69 Å². The Hall–Kier alpha value is -3.65. The highest BCUT2D eigenvalue weighted by molar-refractivity contribution is 6.09. The molecule has 1 aliphatic carbocycles. The fourth-order valence-corrected chi connectivity index (χ4v) is 4.80. The Kier molecular flexibility index (Phi) is 6.98. The first-order valence-corrected chi connectivity index (χ1v) is 11.2. The highest BCUT2D eigenvalue weighted by Crippen LogP contribution is 2.47. The zero-order valence-corrected chi connectivity index (χ0v) is 19.1. The third-order valence-corrected chi connectivity index (χ3v) is 6.41. The summed E-state index contributed by atoms with van der Waals surface area (Å²) in [6.45, 7) is 2.10. The summed E-state index contributed by atoms with van der Waals surface area (Å²) in [5.74, 6) is -1.97. The van der Waals surface area contributed by atoms with E-state index in [0.29, 0.717) is 35.4 Å². The molecule has 1 heterocycles. The maximum Gasteiger partial charge on any atom is 0.315 e. The van der Waals surface area contributed by atoms with Crippen LogP contribution in [0, 0.1) is 16.0 Å². The van der Waals surface area contributed by atoms with Gasteiger partial charge in [-0.2, -0.15) is 0 Å². The quantitative estimate of drug-likeness (QED) is 0.262. The number of allylic oxidation sites excluding steroid dienone is 2. The maximum atomic E-state index is 13.5. The molecule has 3 atom stereocenters. The van der Waals surface area contributed by atoms with E-state index in [4.69, 9.17) is 14.5 Å². The van der Waals surface area contributed by atoms with Gasteiger partial charge in [0.1, 0.15) is 12.5 Å². The summed E-state index contributed by atoms with van der Waals surface area (Å²) in [6, 6.07) is 15.9. The number of aliphatic imine (C=N–C) groups is 1. The standard InChI is InChI=1S/C26H26N2O6/c1-16-23(26(30)34-13-12-33-2)24(18-8-10-20(11-9-18)28(31)32)25-21(27-16)14-19(15-22(25)29)17-6-4-3-5-7-17/h3-11,19,23-24H,12-15H2,1-2H3. The van der Waals surface area contributed by atoms with Gasteiger partial charge >= 0.3 is 5.97 Å². The van der Waals surface area contributed by atoms with E-state index in [2.05, 4.69) is 0 Å². The molecule has 8 heteroatoms. The second-order valence-electron chi connectivity index (χ2n) is 8.52. The average molecular weight is 463 g/mol. The minimum absolute atomic E-state index is 0.00622. The van der Waals surface area contributed by atoms with E-state index >= 15 is 0 Å². The molecule has 0 amide bonds. The second-order valence-corrected chi connectivity index (χ2v) is 8.52. The second kappa shape index (κ2) is 10.1. The van der Waals surface area contributed by atoms with Gasteiger partial charge in [-0.05, 0) is 30.4 Å². The number of benzene rings is 2. The molecule has 0 radical (unpaired) electrons. The van der Waals surface area contributed by atoms with Gasteiger partial charge in [-0.15, -0.1) is 0 Å². The van der Waals surface area contributed by atoms with Crippen LogP contribution in [0.5, 0.6) is 0 Å². The minimum atomic E-state index is -0.797. The number of carbonyl (C=O) groups is 2. The molecule has 2 aromatic carbocycles. The number of Topliss-reactive ketones (excluding diaryl/α,β-unsaturated/α-hetero) is 1. The first-order chi connectivity index (χ1) is 16.4. The van der Waals surface area contributed by atoms with Gasteiger partial charge in [0.25, 0.3) is 5.69 Å². The SMILES string of the molecule is COCCOC(=O)C1C(C)=NC2=C(C(=O)CC(c3ccccc3)C2)C1c1ccc([N+](=O)[O-])cc1. The van der Waals surface area contributed by atoms with Crippen LogP contribution in [0.15, 0.2) is 70.9 Å². The van der Waals surface area contributed by atoms with Crippen molar-refractivity contribution in [1.29, 1.82) is 0 Å². The fourth-order valence-electron chi connectivity index (χ4n) is 4.80. The number of esters is 1. The van der Waals surface area contributed by atoms with Gasteiger partial charge < -0.3 is 9.47 Å². The number of hydrogen-bond acceptors (Lipinski definition) is 7. The number of nitro groups is 1. The molecule has 0 aromatic heterocycles. The summed E-state index contributed by atoms with van der Waals surface area (Å²) >= 11 is 0. The molecule has 34 heavy (non-hydrogen) atoms. The number of nitro benzene ring substituents is 1. The maximum absolute atomic E-state index is 13.5. The third kappa shape index (κ3) is 4.68. The van der Waals surface area contributed by atoms with Crippen LogP contribution in [0.1, 0.15) is 42.7 Å². The van der Waals surface area contributed by atoms with Crippen molar-refractivity contribution in [3.63, 3.8) is 0 Å². The van der Waals surface area contributed by atoms with E-state index in [1.807, 2.05) is 30.3 Å². The van der Waals surface area contributed by atoms with E-state index in [9.17, 15) is 19.7 Å². The van der Waals surface area contributed by atoms with Gasteiger partial charge in [0.05, 0.1) is 11.5 Å². The summed E-state index contributed by atoms with van der Waals surface area (Å²) in [7, 11) is 1.52. The molecule has 1 aliphatic heterocycles. The molecule has 176 valence electrons. The minimum Gasteiger partial charge on any atom is -0.463 e. The number of nitrogens with zero attached hydrogens (tertiary/aromatic N) is 2. The third-order valence-electron chi connectivity index (χ3n) is 6.41. The average Bonchev–Trinajstić information content (AvgIpc) is 2.83. The Labute approximate surface area is 197 Å². The molecule has 2 aromatic rings. The van der Waals surface area contributed by atoms with Gasteiger partial charge in [-0.3, -0.25) is 24.7 Å². The predicted octanol–water partition coefficient (Wildman–Crippen LogP) is 4.36. The summed E-state index contributed by atoms with van der Waals surface area (Å²) in [5, 5.41) is 11.1. The number of methoxy groups -OCH3 is 1. The Morgan fingerprint density at radius 3 is 2.41 bits per heavy atom. The topological polar surface area (TPSA) is 108 Å². The molecule has 4 rings (SSSR count). The number of ether oxygens (including phenoxy) is 2. The smallest absolute Gasteiger partial charge is 0.315 e. The number of ketones is 1. The first-order valence-electron chi connectivity index (χ1n) is 11.2. The molecule has 0 saturated heterocycles. The van der Waals surface area contributed by atoms with Crippen molar-refractivity contribution in [2.75, 3.05) is 20.3 Å². The van der Waals surface area contributed by atoms with E-state index in [1.54, 1.807) is 19.1 Å². The number of hydrogen-bond donors (Lipinski definition) is 0. The Morgan fingerprint density at radius 2 is 1.76 bits per heavy atom. The monoisotopic (exact) mass is 462 g/mol. The van der Waals surface area contributed by atoms with Crippen LogP contribution in [0.2, 0.25) is 0 Å². The Bertz CT molecular complexity index is 1150. The summed E-state index contributed by atoms with van der Waals surface area (Å²) < 4.78 is 10.4. The van der Waals surface area contributed by atoms with Gasteiger partial charge in [0.2, 0.25) is 0 Å². The molecular weight excluding hydrogens is 436 g/mol. The van der Waals surface area contributed by atoms with Crippen molar-refractivity contribution in [2.45, 2.75) is 31.6 Å². The summed E-state index contributed by atoms with van der Waals surface area (Å²) in [4.78, 5) is 42.0. The molecule has 0 saturated carbocycles. The Balaban J connectivity index is 1.75. The van der Waals surface area contributed by atoms with E-state index in [0.717, 1.165) is 5.56 Å². The number of rotatable bonds is 7. The zero-order valence-electron chi connectivity index (χ0n) is 19.1. The number of carbonyl (C=O) groups excluding carboxylic acids is 2. The zero-order chi connectivity index (χ0) is 24.2. The van der Waals surface area contributed by atoms with E-state index in [-0.39, 0.29) is 30.6 Å². The van der Waals surface area contributed by atoms with Gasteiger partial charge in [-0.25, -0.2) is 0 Å². The highest BCUT2D eigenvalue weighted by Gasteiger charge is 2.44.